The monoisotopic (exact) mass is 358 g/mol. The third kappa shape index (κ3) is 3.00. The van der Waals surface area contributed by atoms with Gasteiger partial charge in [0.15, 0.2) is 5.69 Å². The second kappa shape index (κ2) is 5.92. The summed E-state index contributed by atoms with van der Waals surface area (Å²) in [5.41, 5.74) is 1.65. The Hall–Kier alpha value is -1.73. The van der Waals surface area contributed by atoms with Gasteiger partial charge >= 0.3 is 0 Å². The van der Waals surface area contributed by atoms with Crippen molar-refractivity contribution in [3.63, 3.8) is 0 Å². The number of rotatable bonds is 4. The van der Waals surface area contributed by atoms with Crippen molar-refractivity contribution in [2.24, 2.45) is 11.8 Å². The number of nitrogens with zero attached hydrogens (tertiary/aromatic N) is 4. The summed E-state index contributed by atoms with van der Waals surface area (Å²) >= 11 is 1.71. The number of hydrogen-bond acceptors (Lipinski definition) is 6. The predicted molar refractivity (Wildman–Crippen MR) is 93.5 cm³/mol. The first-order valence-corrected chi connectivity index (χ1v) is 9.93. The van der Waals surface area contributed by atoms with Crippen LogP contribution in [-0.4, -0.2) is 52.0 Å². The summed E-state index contributed by atoms with van der Waals surface area (Å²) < 4.78 is 5.34. The van der Waals surface area contributed by atoms with Crippen molar-refractivity contribution in [2.75, 3.05) is 26.2 Å². The number of carbonyl (C=O) groups excluding carboxylic acids is 1. The summed E-state index contributed by atoms with van der Waals surface area (Å²) in [5, 5.41) is 7.29. The van der Waals surface area contributed by atoms with Gasteiger partial charge in [-0.3, -0.25) is 9.69 Å². The first kappa shape index (κ1) is 15.5. The molecule has 2 saturated heterocycles. The zero-order valence-corrected chi connectivity index (χ0v) is 15.2. The van der Waals surface area contributed by atoms with Crippen molar-refractivity contribution in [3.8, 4) is 0 Å². The number of amides is 1. The van der Waals surface area contributed by atoms with E-state index in [-0.39, 0.29) is 5.91 Å². The van der Waals surface area contributed by atoms with Gasteiger partial charge in [0, 0.05) is 50.1 Å². The zero-order valence-electron chi connectivity index (χ0n) is 14.4. The summed E-state index contributed by atoms with van der Waals surface area (Å²) in [4.78, 5) is 21.7. The van der Waals surface area contributed by atoms with Crippen LogP contribution in [-0.2, 0) is 6.54 Å². The van der Waals surface area contributed by atoms with E-state index < -0.39 is 0 Å². The highest BCUT2D eigenvalue weighted by Crippen LogP contribution is 2.40. The summed E-state index contributed by atoms with van der Waals surface area (Å²) in [6.07, 6.45) is 2.32. The predicted octanol–water partition coefficient (Wildman–Crippen LogP) is 2.52. The molecule has 0 aromatic carbocycles. The molecule has 7 heteroatoms. The molecular formula is C18H22N4O2S. The van der Waals surface area contributed by atoms with E-state index in [0.717, 1.165) is 56.3 Å². The lowest BCUT2D eigenvalue weighted by Gasteiger charge is -2.20. The van der Waals surface area contributed by atoms with E-state index in [9.17, 15) is 4.79 Å². The van der Waals surface area contributed by atoms with Crippen LogP contribution in [0.1, 0.15) is 45.7 Å². The van der Waals surface area contributed by atoms with Crippen LogP contribution in [0, 0.1) is 18.8 Å². The number of hydrogen-bond donors (Lipinski definition) is 0. The van der Waals surface area contributed by atoms with Gasteiger partial charge < -0.3 is 9.42 Å². The normalized spacial score (nSPS) is 26.4. The topological polar surface area (TPSA) is 62.5 Å². The van der Waals surface area contributed by atoms with E-state index in [1.54, 1.807) is 11.3 Å². The molecule has 4 heterocycles. The highest BCUT2D eigenvalue weighted by Gasteiger charge is 2.42. The van der Waals surface area contributed by atoms with Gasteiger partial charge in [-0.1, -0.05) is 5.16 Å². The second-order valence-corrected chi connectivity index (χ2v) is 8.73. The number of fused-ring (bicyclic) bond motifs is 1. The number of aryl methyl sites for hydroxylation is 1. The van der Waals surface area contributed by atoms with Crippen LogP contribution >= 0.6 is 11.3 Å². The molecule has 25 heavy (non-hydrogen) atoms. The minimum atomic E-state index is 0.0340. The Bertz CT molecular complexity index is 783. The van der Waals surface area contributed by atoms with Crippen LogP contribution in [0.4, 0.5) is 0 Å². The third-order valence-corrected chi connectivity index (χ3v) is 6.45. The minimum Gasteiger partial charge on any atom is -0.360 e. The van der Waals surface area contributed by atoms with Crippen molar-refractivity contribution in [1.82, 2.24) is 19.9 Å². The van der Waals surface area contributed by atoms with Gasteiger partial charge in [0.2, 0.25) is 0 Å². The number of carbonyl (C=O) groups is 1. The van der Waals surface area contributed by atoms with E-state index in [0.29, 0.717) is 23.4 Å². The fraction of sp³-hybridized carbons (Fsp3) is 0.611. The summed E-state index contributed by atoms with van der Waals surface area (Å²) in [6.45, 7) is 6.76. The molecule has 0 radical (unpaired) electrons. The SMILES string of the molecule is Cc1nc(CN2CC3CN(C(=O)c4cc(C5CC5)on4)CC3C2)cs1. The van der Waals surface area contributed by atoms with Gasteiger partial charge in [-0.05, 0) is 31.6 Å². The highest BCUT2D eigenvalue weighted by atomic mass is 32.1. The molecule has 2 atom stereocenters. The molecule has 1 saturated carbocycles. The van der Waals surface area contributed by atoms with Gasteiger partial charge in [-0.25, -0.2) is 4.98 Å². The van der Waals surface area contributed by atoms with E-state index in [1.165, 1.54) is 5.69 Å². The minimum absolute atomic E-state index is 0.0340. The third-order valence-electron chi connectivity index (χ3n) is 5.63. The van der Waals surface area contributed by atoms with Crippen LogP contribution in [0.15, 0.2) is 16.0 Å². The van der Waals surface area contributed by atoms with Gasteiger partial charge in [-0.2, -0.15) is 0 Å². The number of likely N-dealkylation sites (tertiary alicyclic amines) is 2. The maximum absolute atomic E-state index is 12.7. The average Bonchev–Trinajstić information content (AvgIpc) is 2.93. The molecule has 2 aliphatic heterocycles. The molecule has 132 valence electrons. The molecule has 1 amide bonds. The largest absolute Gasteiger partial charge is 0.360 e. The fourth-order valence-electron chi connectivity index (χ4n) is 4.21. The van der Waals surface area contributed by atoms with Crippen molar-refractivity contribution in [2.45, 2.75) is 32.2 Å². The molecule has 0 spiro atoms. The van der Waals surface area contributed by atoms with Gasteiger partial charge in [0.1, 0.15) is 5.76 Å². The molecule has 2 aromatic rings. The molecule has 5 rings (SSSR count). The molecule has 0 N–H and O–H groups in total. The summed E-state index contributed by atoms with van der Waals surface area (Å²) in [6, 6.07) is 1.85. The van der Waals surface area contributed by atoms with Crippen molar-refractivity contribution in [1.29, 1.82) is 0 Å². The number of thiazole rings is 1. The lowest BCUT2D eigenvalue weighted by molar-refractivity contribution is 0.0763. The van der Waals surface area contributed by atoms with E-state index >= 15 is 0 Å². The smallest absolute Gasteiger partial charge is 0.276 e. The molecule has 2 aromatic heterocycles. The molecule has 6 nitrogen and oxygen atoms in total. The zero-order chi connectivity index (χ0) is 17.0. The lowest BCUT2D eigenvalue weighted by atomic mass is 10.0. The fourth-order valence-corrected chi connectivity index (χ4v) is 4.81. The first-order valence-electron chi connectivity index (χ1n) is 9.05. The maximum atomic E-state index is 12.7. The van der Waals surface area contributed by atoms with Crippen LogP contribution in [0.25, 0.3) is 0 Å². The Morgan fingerprint density at radius 2 is 2.04 bits per heavy atom. The Balaban J connectivity index is 1.19. The van der Waals surface area contributed by atoms with Crippen molar-refractivity contribution in [3.05, 3.63) is 33.6 Å². The van der Waals surface area contributed by atoms with Crippen LogP contribution in [0.2, 0.25) is 0 Å². The average molecular weight is 358 g/mol. The molecule has 3 fully saturated rings. The summed E-state index contributed by atoms with van der Waals surface area (Å²) in [5.74, 6) is 2.55. The van der Waals surface area contributed by atoms with Crippen LogP contribution in [0.5, 0.6) is 0 Å². The molecular weight excluding hydrogens is 336 g/mol. The second-order valence-electron chi connectivity index (χ2n) is 7.67. The Kier molecular flexibility index (Phi) is 3.67. The summed E-state index contributed by atoms with van der Waals surface area (Å²) in [7, 11) is 0. The molecule has 2 unspecified atom stereocenters. The van der Waals surface area contributed by atoms with Gasteiger partial charge in [-0.15, -0.1) is 11.3 Å². The lowest BCUT2D eigenvalue weighted by Crippen LogP contribution is -2.33. The van der Waals surface area contributed by atoms with E-state index in [1.807, 2.05) is 11.0 Å². The van der Waals surface area contributed by atoms with Crippen molar-refractivity contribution < 1.29 is 9.32 Å². The van der Waals surface area contributed by atoms with Crippen molar-refractivity contribution >= 4 is 17.2 Å². The Morgan fingerprint density at radius 1 is 1.28 bits per heavy atom. The molecule has 0 bridgehead atoms. The maximum Gasteiger partial charge on any atom is 0.276 e. The van der Waals surface area contributed by atoms with E-state index in [4.69, 9.17) is 4.52 Å². The number of aromatic nitrogens is 2. The van der Waals surface area contributed by atoms with E-state index in [2.05, 4.69) is 27.3 Å². The molecule has 3 aliphatic rings. The first-order chi connectivity index (χ1) is 12.2. The quantitative estimate of drug-likeness (QED) is 0.840. The highest BCUT2D eigenvalue weighted by molar-refractivity contribution is 7.09. The Morgan fingerprint density at radius 3 is 2.68 bits per heavy atom. The standard InChI is InChI=1S/C18H22N4O2S/c1-11-19-15(10-25-11)9-21-5-13-7-22(8-14(13)6-21)18(23)16-4-17(24-20-16)12-2-3-12/h4,10,12-14H,2-3,5-9H2,1H3. The van der Waals surface area contributed by atoms with Gasteiger partial charge in [0.05, 0.1) is 10.7 Å². The van der Waals surface area contributed by atoms with Crippen LogP contribution < -0.4 is 0 Å². The van der Waals surface area contributed by atoms with Crippen LogP contribution in [0.3, 0.4) is 0 Å². The van der Waals surface area contributed by atoms with Gasteiger partial charge in [0.25, 0.3) is 5.91 Å². The Labute approximate surface area is 150 Å². The molecule has 1 aliphatic carbocycles.